The normalized spacial score (nSPS) is 19.7. The molecule has 45 heavy (non-hydrogen) atoms. The Kier molecular flexibility index (Phi) is 8.27. The maximum absolute atomic E-state index is 15.2. The lowest BCUT2D eigenvalue weighted by atomic mass is 10.2. The molecule has 3 aromatic rings. The van der Waals surface area contributed by atoms with Gasteiger partial charge >= 0.3 is 12.1 Å². The zero-order valence-corrected chi connectivity index (χ0v) is 24.5. The van der Waals surface area contributed by atoms with Gasteiger partial charge in [0.05, 0.1) is 29.9 Å². The molecule has 0 spiro atoms. The SMILES string of the molecule is CC(=O)NC[C@H]1CN(c2ccc(NCCNC3CCN(c4nc5c(cc4F)c(=O)c(C(=O)O)cn5C4CC4)C3)c(F)c2)C(=O)O1. The summed E-state index contributed by atoms with van der Waals surface area (Å²) in [5.74, 6) is -2.69. The molecule has 6 rings (SSSR count). The third-order valence-electron chi connectivity index (χ3n) is 8.19. The first-order valence-corrected chi connectivity index (χ1v) is 14.8. The standard InChI is InChI=1S/C30H33F2N7O6/c1-16(40)35-12-20-14-39(30(44)45-20)19-4-5-25(23(31)10-19)34-8-7-33-17-6-9-37(13-17)28-24(32)11-21-26(41)22(29(42)43)15-38(18-2-3-18)27(21)36-28/h4-5,10-11,15,17-18,20,33-34H,2-3,6-9,12-14H2,1H3,(H,35,40)(H,42,43)/t17?,20-/m0/s1. The highest BCUT2D eigenvalue weighted by Crippen LogP contribution is 2.37. The number of aromatic nitrogens is 2. The smallest absolute Gasteiger partial charge is 0.414 e. The number of anilines is 3. The van der Waals surface area contributed by atoms with E-state index in [4.69, 9.17) is 4.74 Å². The third-order valence-corrected chi connectivity index (χ3v) is 8.19. The lowest BCUT2D eigenvalue weighted by Gasteiger charge is -2.20. The molecule has 1 saturated carbocycles. The van der Waals surface area contributed by atoms with Gasteiger partial charge in [0.25, 0.3) is 0 Å². The van der Waals surface area contributed by atoms with Gasteiger partial charge in [0.2, 0.25) is 11.3 Å². The van der Waals surface area contributed by atoms with Crippen LogP contribution in [0.5, 0.6) is 0 Å². The number of aromatic carboxylic acids is 1. The van der Waals surface area contributed by atoms with Crippen molar-refractivity contribution in [3.8, 4) is 0 Å². The van der Waals surface area contributed by atoms with Crippen molar-refractivity contribution >= 4 is 46.2 Å². The van der Waals surface area contributed by atoms with Gasteiger partial charge in [-0.1, -0.05) is 0 Å². The van der Waals surface area contributed by atoms with Crippen LogP contribution in [0.2, 0.25) is 0 Å². The number of carbonyl (C=O) groups excluding carboxylic acids is 2. The molecule has 0 bridgehead atoms. The number of ether oxygens (including phenoxy) is 1. The van der Waals surface area contributed by atoms with Crippen molar-refractivity contribution in [3.63, 3.8) is 0 Å². The summed E-state index contributed by atoms with van der Waals surface area (Å²) < 4.78 is 37.0. The van der Waals surface area contributed by atoms with E-state index in [1.807, 2.05) is 0 Å². The molecule has 1 unspecified atom stereocenters. The van der Waals surface area contributed by atoms with Crippen molar-refractivity contribution in [3.05, 3.63) is 57.9 Å². The van der Waals surface area contributed by atoms with Crippen LogP contribution in [0.4, 0.5) is 30.8 Å². The monoisotopic (exact) mass is 625 g/mol. The first kappa shape index (κ1) is 30.2. The number of amides is 2. The summed E-state index contributed by atoms with van der Waals surface area (Å²) in [6.45, 7) is 3.63. The Morgan fingerprint density at radius 2 is 1.89 bits per heavy atom. The molecular weight excluding hydrogens is 592 g/mol. The van der Waals surface area contributed by atoms with Crippen molar-refractivity contribution in [2.45, 2.75) is 44.4 Å². The van der Waals surface area contributed by atoms with E-state index in [0.717, 1.165) is 18.9 Å². The summed E-state index contributed by atoms with van der Waals surface area (Å²) >= 11 is 0. The average molecular weight is 626 g/mol. The quantitative estimate of drug-likeness (QED) is 0.233. The topological polar surface area (TPSA) is 158 Å². The second-order valence-corrected chi connectivity index (χ2v) is 11.5. The van der Waals surface area contributed by atoms with Gasteiger partial charge in [0, 0.05) is 51.4 Å². The number of cyclic esters (lactones) is 1. The molecule has 13 nitrogen and oxygen atoms in total. The van der Waals surface area contributed by atoms with Gasteiger partial charge in [-0.15, -0.1) is 0 Å². The van der Waals surface area contributed by atoms with Crippen LogP contribution in [0, 0.1) is 11.6 Å². The van der Waals surface area contributed by atoms with E-state index in [2.05, 4.69) is 20.9 Å². The number of halogens is 2. The number of benzene rings is 1. The molecule has 0 radical (unpaired) electrons. The van der Waals surface area contributed by atoms with Crippen molar-refractivity contribution in [1.29, 1.82) is 0 Å². The Labute approximate surface area is 256 Å². The first-order chi connectivity index (χ1) is 21.6. The number of rotatable bonds is 11. The van der Waals surface area contributed by atoms with E-state index in [9.17, 15) is 28.7 Å². The van der Waals surface area contributed by atoms with Gasteiger partial charge in [-0.05, 0) is 43.5 Å². The number of nitrogens with one attached hydrogen (secondary N) is 3. The number of pyridine rings is 2. The molecule has 4 heterocycles. The van der Waals surface area contributed by atoms with Gasteiger partial charge in [-0.2, -0.15) is 0 Å². The van der Waals surface area contributed by atoms with Crippen molar-refractivity contribution in [2.75, 3.05) is 54.4 Å². The van der Waals surface area contributed by atoms with E-state index in [-0.39, 0.29) is 53.6 Å². The number of carboxylic acid groups (broad SMARTS) is 1. The molecular formula is C30H33F2N7O6. The van der Waals surface area contributed by atoms with Crippen LogP contribution in [0.1, 0.15) is 42.6 Å². The molecule has 3 fully saturated rings. The lowest BCUT2D eigenvalue weighted by molar-refractivity contribution is -0.119. The Balaban J connectivity index is 1.03. The first-order valence-electron chi connectivity index (χ1n) is 14.8. The van der Waals surface area contributed by atoms with Crippen LogP contribution >= 0.6 is 0 Å². The molecule has 2 aliphatic heterocycles. The Hall–Kier alpha value is -4.79. The number of carbonyl (C=O) groups is 3. The fourth-order valence-electron chi connectivity index (χ4n) is 5.75. The highest BCUT2D eigenvalue weighted by atomic mass is 19.1. The summed E-state index contributed by atoms with van der Waals surface area (Å²) in [4.78, 5) is 55.3. The number of hydrogen-bond donors (Lipinski definition) is 4. The van der Waals surface area contributed by atoms with Crippen LogP contribution in [0.15, 0.2) is 35.3 Å². The molecule has 2 atom stereocenters. The van der Waals surface area contributed by atoms with Gasteiger partial charge in [0.1, 0.15) is 23.1 Å². The van der Waals surface area contributed by atoms with Crippen LogP contribution in [0.3, 0.4) is 0 Å². The molecule has 2 aromatic heterocycles. The fourth-order valence-corrected chi connectivity index (χ4v) is 5.75. The minimum absolute atomic E-state index is 0.0162. The summed E-state index contributed by atoms with van der Waals surface area (Å²) in [7, 11) is 0. The van der Waals surface area contributed by atoms with Gasteiger partial charge in [-0.3, -0.25) is 14.5 Å². The Morgan fingerprint density at radius 1 is 1.09 bits per heavy atom. The molecule has 15 heteroatoms. The number of hydrogen-bond acceptors (Lipinski definition) is 9. The van der Waals surface area contributed by atoms with E-state index < -0.39 is 40.8 Å². The highest BCUT2D eigenvalue weighted by Gasteiger charge is 2.33. The van der Waals surface area contributed by atoms with Crippen LogP contribution in [-0.4, -0.2) is 84.0 Å². The summed E-state index contributed by atoms with van der Waals surface area (Å²) in [6, 6.07) is 5.55. The summed E-state index contributed by atoms with van der Waals surface area (Å²) in [5, 5.41) is 18.4. The van der Waals surface area contributed by atoms with Crippen molar-refractivity contribution in [2.24, 2.45) is 0 Å². The molecule has 3 aliphatic rings. The van der Waals surface area contributed by atoms with E-state index in [1.54, 1.807) is 21.6 Å². The average Bonchev–Trinajstić information content (AvgIpc) is 3.62. The predicted octanol–water partition coefficient (Wildman–Crippen LogP) is 2.45. The summed E-state index contributed by atoms with van der Waals surface area (Å²) in [6.07, 6.45) is 2.55. The largest absolute Gasteiger partial charge is 0.477 e. The van der Waals surface area contributed by atoms with Gasteiger partial charge in [-0.25, -0.2) is 23.4 Å². The molecule has 2 saturated heterocycles. The van der Waals surface area contributed by atoms with Gasteiger partial charge in [0.15, 0.2) is 11.6 Å². The predicted molar refractivity (Wildman–Crippen MR) is 161 cm³/mol. The van der Waals surface area contributed by atoms with E-state index in [1.165, 1.54) is 24.1 Å². The lowest BCUT2D eigenvalue weighted by Crippen LogP contribution is -2.36. The highest BCUT2D eigenvalue weighted by molar-refractivity contribution is 5.92. The fraction of sp³-hybridized carbons (Fsp3) is 0.433. The molecule has 4 N–H and O–H groups in total. The maximum Gasteiger partial charge on any atom is 0.414 e. The molecule has 238 valence electrons. The van der Waals surface area contributed by atoms with Crippen molar-refractivity contribution in [1.82, 2.24) is 20.2 Å². The molecule has 1 aliphatic carbocycles. The number of carboxylic acids is 1. The zero-order chi connectivity index (χ0) is 31.8. The zero-order valence-electron chi connectivity index (χ0n) is 24.5. The summed E-state index contributed by atoms with van der Waals surface area (Å²) in [5.41, 5.74) is -0.251. The molecule has 1 aromatic carbocycles. The van der Waals surface area contributed by atoms with Crippen LogP contribution in [0.25, 0.3) is 11.0 Å². The Morgan fingerprint density at radius 3 is 2.60 bits per heavy atom. The minimum Gasteiger partial charge on any atom is -0.477 e. The number of fused-ring (bicyclic) bond motifs is 1. The van der Waals surface area contributed by atoms with Crippen LogP contribution in [-0.2, 0) is 9.53 Å². The minimum atomic E-state index is -1.36. The van der Waals surface area contributed by atoms with E-state index in [0.29, 0.717) is 38.3 Å². The van der Waals surface area contributed by atoms with Gasteiger partial charge < -0.3 is 35.3 Å². The Bertz CT molecular complexity index is 1730. The maximum atomic E-state index is 15.2. The second-order valence-electron chi connectivity index (χ2n) is 11.5. The number of nitrogens with zero attached hydrogens (tertiary/aromatic N) is 4. The third kappa shape index (κ3) is 6.38. The van der Waals surface area contributed by atoms with Crippen molar-refractivity contribution < 1.29 is 33.0 Å². The second kappa shape index (κ2) is 12.3. The van der Waals surface area contributed by atoms with E-state index >= 15 is 4.39 Å². The molecule has 2 amide bonds. The van der Waals surface area contributed by atoms with Crippen LogP contribution < -0.4 is 31.2 Å².